The third-order valence-electron chi connectivity index (χ3n) is 9.46. The lowest BCUT2D eigenvalue weighted by Gasteiger charge is -2.10. The van der Waals surface area contributed by atoms with Crippen LogP contribution in [0.15, 0.2) is 82.6 Å². The number of rotatable bonds is 12. The zero-order valence-electron chi connectivity index (χ0n) is 28.3. The zero-order chi connectivity index (χ0) is 38.8. The molecule has 18 heteroatoms. The van der Waals surface area contributed by atoms with Crippen LogP contribution in [0.5, 0.6) is 0 Å². The van der Waals surface area contributed by atoms with Gasteiger partial charge in [0.15, 0.2) is 0 Å². The second-order valence-electron chi connectivity index (χ2n) is 13.0. The van der Waals surface area contributed by atoms with Gasteiger partial charge < -0.3 is 9.47 Å². The van der Waals surface area contributed by atoms with Crippen molar-refractivity contribution >= 4 is 66.6 Å². The highest BCUT2D eigenvalue weighted by Crippen LogP contribution is 2.44. The van der Waals surface area contributed by atoms with Crippen molar-refractivity contribution in [3.8, 4) is 33.9 Å². The smallest absolute Gasteiger partial charge is 0.294 e. The predicted octanol–water partition coefficient (Wildman–Crippen LogP) is 8.43. The standard InChI is InChI=1S/C37H28Cl4N4O8S2/c38-22-2-8-34(30(40)16-22)44-36-26-6-4-24(54(46,47)48)12-20(26)14-28(36)32(42-44)18-52-10-1-11-53-19-33-29-15-21-13-25(55(49,50)51)5-7-27(21)37(29)45(43-33)35-9-3-23(39)17-31(35)41/h2-9,12-13,16-17H,1,10-11,14-15,18-19H2,(H,46,47,48)(H,49,50,51). The fourth-order valence-corrected chi connectivity index (χ4v) is 9.04. The molecule has 0 saturated heterocycles. The maximum Gasteiger partial charge on any atom is 0.294 e. The fraction of sp³-hybridized carbons (Fsp3) is 0.189. The summed E-state index contributed by atoms with van der Waals surface area (Å²) >= 11 is 25.5. The van der Waals surface area contributed by atoms with Gasteiger partial charge in [0.1, 0.15) is 0 Å². The summed E-state index contributed by atoms with van der Waals surface area (Å²) in [5, 5.41) is 11.4. The molecule has 6 aromatic rings. The highest BCUT2D eigenvalue weighted by molar-refractivity contribution is 7.86. The van der Waals surface area contributed by atoms with E-state index in [1.165, 1.54) is 24.3 Å². The second kappa shape index (κ2) is 14.6. The van der Waals surface area contributed by atoms with Gasteiger partial charge in [-0.3, -0.25) is 9.11 Å². The number of benzene rings is 4. The number of hydrogen-bond donors (Lipinski definition) is 2. The Morgan fingerprint density at radius 3 is 1.40 bits per heavy atom. The van der Waals surface area contributed by atoms with Crippen molar-refractivity contribution in [3.05, 3.63) is 127 Å². The minimum atomic E-state index is -4.40. The van der Waals surface area contributed by atoms with Crippen molar-refractivity contribution in [2.24, 2.45) is 0 Å². The van der Waals surface area contributed by atoms with Gasteiger partial charge in [-0.25, -0.2) is 9.36 Å². The van der Waals surface area contributed by atoms with Crippen molar-refractivity contribution in [3.63, 3.8) is 0 Å². The predicted molar refractivity (Wildman–Crippen MR) is 207 cm³/mol. The van der Waals surface area contributed by atoms with Crippen LogP contribution in [0.1, 0.15) is 40.1 Å². The number of ether oxygens (including phenoxy) is 2. The number of halogens is 4. The maximum atomic E-state index is 11.9. The SMILES string of the molecule is O=S(=O)(O)c1ccc2c(c1)Cc1c(COCCCOCc3nn(-c4ccc(Cl)cc4Cl)c4c3Cc3cc(S(=O)(=O)O)ccc3-4)nn(-c3ccc(Cl)cc3Cl)c1-2. The average Bonchev–Trinajstić information content (AvgIpc) is 3.86. The van der Waals surface area contributed by atoms with Gasteiger partial charge in [0.25, 0.3) is 20.2 Å². The van der Waals surface area contributed by atoms with E-state index in [9.17, 15) is 25.9 Å². The molecule has 0 saturated carbocycles. The summed E-state index contributed by atoms with van der Waals surface area (Å²) in [6, 6.07) is 19.0. The Morgan fingerprint density at radius 1 is 0.600 bits per heavy atom. The molecule has 0 spiro atoms. The molecule has 0 aliphatic heterocycles. The molecule has 2 aromatic heterocycles. The van der Waals surface area contributed by atoms with Crippen LogP contribution in [0.4, 0.5) is 0 Å². The van der Waals surface area contributed by atoms with Crippen molar-refractivity contribution in [1.82, 2.24) is 19.6 Å². The van der Waals surface area contributed by atoms with E-state index in [1.807, 2.05) is 0 Å². The Labute approximate surface area is 335 Å². The van der Waals surface area contributed by atoms with E-state index in [0.29, 0.717) is 86.5 Å². The van der Waals surface area contributed by atoms with Crippen LogP contribution >= 0.6 is 46.4 Å². The normalized spacial score (nSPS) is 13.2. The minimum Gasteiger partial charge on any atom is -0.375 e. The molecule has 0 amide bonds. The first-order chi connectivity index (χ1) is 26.2. The number of hydrogen-bond acceptors (Lipinski definition) is 8. The summed E-state index contributed by atoms with van der Waals surface area (Å²) in [7, 11) is -8.79. The molecule has 0 unspecified atom stereocenters. The van der Waals surface area contributed by atoms with Crippen LogP contribution in [0.2, 0.25) is 20.1 Å². The highest BCUT2D eigenvalue weighted by Gasteiger charge is 2.32. The molecule has 12 nitrogen and oxygen atoms in total. The van der Waals surface area contributed by atoms with Gasteiger partial charge in [-0.1, -0.05) is 58.5 Å². The van der Waals surface area contributed by atoms with E-state index in [-0.39, 0.29) is 23.0 Å². The summed E-state index contributed by atoms with van der Waals surface area (Å²) in [4.78, 5) is -0.390. The Balaban J connectivity index is 0.963. The van der Waals surface area contributed by atoms with E-state index in [0.717, 1.165) is 33.6 Å². The number of aromatic nitrogens is 4. The van der Waals surface area contributed by atoms with E-state index in [2.05, 4.69) is 0 Å². The lowest BCUT2D eigenvalue weighted by molar-refractivity contribution is 0.0668. The van der Waals surface area contributed by atoms with Gasteiger partial charge >= 0.3 is 0 Å². The maximum absolute atomic E-state index is 11.9. The molecule has 2 aliphatic carbocycles. The largest absolute Gasteiger partial charge is 0.375 e. The Bertz CT molecular complexity index is 2580. The van der Waals surface area contributed by atoms with Gasteiger partial charge in [0.2, 0.25) is 0 Å². The molecule has 2 heterocycles. The molecule has 0 fully saturated rings. The first kappa shape index (κ1) is 38.1. The third kappa shape index (κ3) is 7.32. The lowest BCUT2D eigenvalue weighted by Crippen LogP contribution is -2.06. The van der Waals surface area contributed by atoms with Crippen LogP contribution in [-0.4, -0.2) is 58.7 Å². The summed E-state index contributed by atoms with van der Waals surface area (Å²) in [6.07, 6.45) is 1.29. The molecule has 4 aromatic carbocycles. The summed E-state index contributed by atoms with van der Waals surface area (Å²) < 4.78 is 82.2. The molecule has 284 valence electrons. The molecule has 0 radical (unpaired) electrons. The molecular weight excluding hydrogens is 834 g/mol. The van der Waals surface area contributed by atoms with Gasteiger partial charge in [0, 0.05) is 58.4 Å². The molecule has 2 aliphatic rings. The molecule has 0 atom stereocenters. The van der Waals surface area contributed by atoms with E-state index >= 15 is 0 Å². The first-order valence-electron chi connectivity index (χ1n) is 16.7. The van der Waals surface area contributed by atoms with Crippen molar-refractivity contribution in [2.45, 2.75) is 42.3 Å². The zero-order valence-corrected chi connectivity index (χ0v) is 33.0. The van der Waals surface area contributed by atoms with E-state index in [1.54, 1.807) is 57.9 Å². The van der Waals surface area contributed by atoms with Crippen LogP contribution in [-0.2, 0) is 55.8 Å². The first-order valence-corrected chi connectivity index (χ1v) is 21.1. The van der Waals surface area contributed by atoms with Gasteiger partial charge in [0.05, 0.1) is 67.2 Å². The molecule has 55 heavy (non-hydrogen) atoms. The van der Waals surface area contributed by atoms with E-state index in [4.69, 9.17) is 66.1 Å². The van der Waals surface area contributed by atoms with Gasteiger partial charge in [-0.15, -0.1) is 0 Å². The Hall–Kier alpha value is -3.80. The van der Waals surface area contributed by atoms with Crippen molar-refractivity contribution in [1.29, 1.82) is 0 Å². The molecule has 2 N–H and O–H groups in total. The minimum absolute atomic E-state index is 0.156. The fourth-order valence-electron chi connectivity index (χ4n) is 7.00. The van der Waals surface area contributed by atoms with Crippen LogP contribution < -0.4 is 0 Å². The molecule has 0 bridgehead atoms. The third-order valence-corrected chi connectivity index (χ3v) is 12.2. The van der Waals surface area contributed by atoms with E-state index < -0.39 is 20.2 Å². The summed E-state index contributed by atoms with van der Waals surface area (Å²) in [5.74, 6) is 0. The topological polar surface area (TPSA) is 163 Å². The second-order valence-corrected chi connectivity index (χ2v) is 17.5. The summed E-state index contributed by atoms with van der Waals surface area (Å²) in [5.41, 5.74) is 8.58. The highest BCUT2D eigenvalue weighted by atomic mass is 35.5. The number of nitrogens with zero attached hydrogens (tertiary/aromatic N) is 4. The lowest BCUT2D eigenvalue weighted by atomic mass is 10.1. The Morgan fingerprint density at radius 2 is 1.02 bits per heavy atom. The van der Waals surface area contributed by atoms with Gasteiger partial charge in [-0.2, -0.15) is 27.0 Å². The van der Waals surface area contributed by atoms with Crippen molar-refractivity contribution in [2.75, 3.05) is 13.2 Å². The Kier molecular flexibility index (Phi) is 10.1. The summed E-state index contributed by atoms with van der Waals surface area (Å²) in [6.45, 7) is 0.979. The van der Waals surface area contributed by atoms with Crippen molar-refractivity contribution < 1.29 is 35.4 Å². The van der Waals surface area contributed by atoms with Crippen LogP contribution in [0.3, 0.4) is 0 Å². The molecule has 8 rings (SSSR count). The average molecular weight is 863 g/mol. The number of fused-ring (bicyclic) bond motifs is 6. The molecular formula is C37H28Cl4N4O8S2. The monoisotopic (exact) mass is 860 g/mol. The van der Waals surface area contributed by atoms with Crippen LogP contribution in [0, 0.1) is 0 Å². The van der Waals surface area contributed by atoms with Gasteiger partial charge in [-0.05, 0) is 78.2 Å². The van der Waals surface area contributed by atoms with Crippen LogP contribution in [0.25, 0.3) is 33.9 Å². The quantitative estimate of drug-likeness (QED) is 0.0901.